The summed E-state index contributed by atoms with van der Waals surface area (Å²) in [7, 11) is 0. The lowest BCUT2D eigenvalue weighted by Crippen LogP contribution is -2.49. The zero-order valence-corrected chi connectivity index (χ0v) is 11.9. The van der Waals surface area contributed by atoms with E-state index in [0.29, 0.717) is 6.42 Å². The van der Waals surface area contributed by atoms with E-state index in [9.17, 15) is 4.79 Å². The molecule has 106 valence electrons. The average Bonchev–Trinajstić information content (AvgIpc) is 2.36. The number of nitrogens with one attached hydrogen (secondary N) is 1. The predicted molar refractivity (Wildman–Crippen MR) is 76.4 cm³/mol. The van der Waals surface area contributed by atoms with E-state index in [1.54, 1.807) is 0 Å². The SMILES string of the molecule is CCCCCCCCC(=O)NC1CCCCC1N. The highest BCUT2D eigenvalue weighted by atomic mass is 16.1. The van der Waals surface area contributed by atoms with E-state index >= 15 is 0 Å². The molecule has 1 aliphatic carbocycles. The van der Waals surface area contributed by atoms with Gasteiger partial charge in [-0.1, -0.05) is 51.9 Å². The van der Waals surface area contributed by atoms with Crippen LogP contribution in [0.2, 0.25) is 0 Å². The molecule has 0 aliphatic heterocycles. The van der Waals surface area contributed by atoms with Gasteiger partial charge in [0, 0.05) is 18.5 Å². The van der Waals surface area contributed by atoms with E-state index in [1.165, 1.54) is 44.9 Å². The highest BCUT2D eigenvalue weighted by Crippen LogP contribution is 2.17. The van der Waals surface area contributed by atoms with Crippen molar-refractivity contribution in [1.82, 2.24) is 5.32 Å². The van der Waals surface area contributed by atoms with E-state index in [1.807, 2.05) is 0 Å². The fourth-order valence-corrected chi connectivity index (χ4v) is 2.68. The highest BCUT2D eigenvalue weighted by Gasteiger charge is 2.22. The summed E-state index contributed by atoms with van der Waals surface area (Å²) in [6, 6.07) is 0.401. The first kappa shape index (κ1) is 15.5. The minimum Gasteiger partial charge on any atom is -0.352 e. The van der Waals surface area contributed by atoms with E-state index in [4.69, 9.17) is 5.73 Å². The Morgan fingerprint density at radius 3 is 2.50 bits per heavy atom. The Kier molecular flexibility index (Phi) is 8.06. The Balaban J connectivity index is 2.02. The van der Waals surface area contributed by atoms with Crippen molar-refractivity contribution in [3.63, 3.8) is 0 Å². The van der Waals surface area contributed by atoms with Crippen molar-refractivity contribution in [2.24, 2.45) is 5.73 Å². The number of carbonyl (C=O) groups is 1. The van der Waals surface area contributed by atoms with Crippen LogP contribution in [0, 0.1) is 0 Å². The zero-order chi connectivity index (χ0) is 13.2. The molecule has 1 fully saturated rings. The molecule has 0 radical (unpaired) electrons. The number of hydrogen-bond acceptors (Lipinski definition) is 2. The molecule has 2 atom stereocenters. The number of unbranched alkanes of at least 4 members (excludes halogenated alkanes) is 5. The molecule has 0 aromatic heterocycles. The lowest BCUT2D eigenvalue weighted by molar-refractivity contribution is -0.122. The normalized spacial score (nSPS) is 23.9. The third-order valence-electron chi connectivity index (χ3n) is 3.92. The minimum atomic E-state index is 0.173. The molecule has 1 rings (SSSR count). The molecule has 3 N–H and O–H groups in total. The summed E-state index contributed by atoms with van der Waals surface area (Å²) in [4.78, 5) is 11.8. The minimum absolute atomic E-state index is 0.173. The average molecular weight is 254 g/mol. The third kappa shape index (κ3) is 6.39. The second-order valence-electron chi connectivity index (χ2n) is 5.64. The molecule has 0 aromatic rings. The molecule has 1 aliphatic rings. The summed E-state index contributed by atoms with van der Waals surface area (Å²) in [5.74, 6) is 0.202. The Morgan fingerprint density at radius 2 is 1.78 bits per heavy atom. The fraction of sp³-hybridized carbons (Fsp3) is 0.933. The molecule has 3 nitrogen and oxygen atoms in total. The van der Waals surface area contributed by atoms with Crippen molar-refractivity contribution in [3.05, 3.63) is 0 Å². The first-order chi connectivity index (χ1) is 8.74. The van der Waals surface area contributed by atoms with Crippen molar-refractivity contribution in [2.75, 3.05) is 0 Å². The van der Waals surface area contributed by atoms with Gasteiger partial charge in [0.2, 0.25) is 5.91 Å². The summed E-state index contributed by atoms with van der Waals surface area (Å²) < 4.78 is 0. The molecule has 0 aromatic carbocycles. The second-order valence-corrected chi connectivity index (χ2v) is 5.64. The molecular weight excluding hydrogens is 224 g/mol. The summed E-state index contributed by atoms with van der Waals surface area (Å²) in [6.45, 7) is 2.22. The summed E-state index contributed by atoms with van der Waals surface area (Å²) in [5.41, 5.74) is 6.02. The molecule has 0 bridgehead atoms. The van der Waals surface area contributed by atoms with Crippen molar-refractivity contribution in [1.29, 1.82) is 0 Å². The lowest BCUT2D eigenvalue weighted by Gasteiger charge is -2.29. The number of carbonyl (C=O) groups excluding carboxylic acids is 1. The molecule has 18 heavy (non-hydrogen) atoms. The first-order valence-electron chi connectivity index (χ1n) is 7.79. The largest absolute Gasteiger partial charge is 0.352 e. The predicted octanol–water partition coefficient (Wildman–Crippen LogP) is 3.12. The fourth-order valence-electron chi connectivity index (χ4n) is 2.68. The van der Waals surface area contributed by atoms with E-state index in [0.717, 1.165) is 19.3 Å². The molecule has 1 amide bonds. The Morgan fingerprint density at radius 1 is 1.11 bits per heavy atom. The van der Waals surface area contributed by atoms with Crippen molar-refractivity contribution < 1.29 is 4.79 Å². The van der Waals surface area contributed by atoms with Gasteiger partial charge in [-0.05, 0) is 19.3 Å². The summed E-state index contributed by atoms with van der Waals surface area (Å²) in [5, 5.41) is 3.11. The van der Waals surface area contributed by atoms with Crippen LogP contribution in [0.5, 0.6) is 0 Å². The number of amides is 1. The molecule has 2 unspecified atom stereocenters. The van der Waals surface area contributed by atoms with Gasteiger partial charge in [-0.15, -0.1) is 0 Å². The third-order valence-corrected chi connectivity index (χ3v) is 3.92. The second kappa shape index (κ2) is 9.37. The quantitative estimate of drug-likeness (QED) is 0.654. The van der Waals surface area contributed by atoms with Crippen LogP contribution in [0.4, 0.5) is 0 Å². The summed E-state index contributed by atoms with van der Waals surface area (Å²) in [6.07, 6.45) is 12.6. The van der Waals surface area contributed by atoms with Crippen LogP contribution in [0.15, 0.2) is 0 Å². The summed E-state index contributed by atoms with van der Waals surface area (Å²) >= 11 is 0. The van der Waals surface area contributed by atoms with Crippen molar-refractivity contribution in [3.8, 4) is 0 Å². The number of nitrogens with two attached hydrogens (primary N) is 1. The van der Waals surface area contributed by atoms with Gasteiger partial charge in [0.15, 0.2) is 0 Å². The molecule has 0 saturated heterocycles. The van der Waals surface area contributed by atoms with Gasteiger partial charge in [0.25, 0.3) is 0 Å². The van der Waals surface area contributed by atoms with E-state index in [-0.39, 0.29) is 18.0 Å². The van der Waals surface area contributed by atoms with Gasteiger partial charge < -0.3 is 11.1 Å². The maximum atomic E-state index is 11.8. The first-order valence-corrected chi connectivity index (χ1v) is 7.79. The van der Waals surface area contributed by atoms with Crippen LogP contribution in [0.25, 0.3) is 0 Å². The van der Waals surface area contributed by atoms with Gasteiger partial charge in [0.05, 0.1) is 0 Å². The molecule has 0 heterocycles. The smallest absolute Gasteiger partial charge is 0.220 e. The van der Waals surface area contributed by atoms with Crippen LogP contribution >= 0.6 is 0 Å². The monoisotopic (exact) mass is 254 g/mol. The van der Waals surface area contributed by atoms with Crippen molar-refractivity contribution >= 4 is 5.91 Å². The molecule has 0 spiro atoms. The molecular formula is C15H30N2O. The number of hydrogen-bond donors (Lipinski definition) is 2. The standard InChI is InChI=1S/C15H30N2O/c1-2-3-4-5-6-7-12-15(18)17-14-11-9-8-10-13(14)16/h13-14H,2-12,16H2,1H3,(H,17,18). The van der Waals surface area contributed by atoms with Crippen LogP contribution in [-0.2, 0) is 4.79 Å². The van der Waals surface area contributed by atoms with Crippen molar-refractivity contribution in [2.45, 2.75) is 89.6 Å². The topological polar surface area (TPSA) is 55.1 Å². The molecule has 3 heteroatoms. The maximum absolute atomic E-state index is 11.8. The van der Waals surface area contributed by atoms with Crippen LogP contribution in [0.3, 0.4) is 0 Å². The van der Waals surface area contributed by atoms with Gasteiger partial charge >= 0.3 is 0 Å². The maximum Gasteiger partial charge on any atom is 0.220 e. The van der Waals surface area contributed by atoms with E-state index in [2.05, 4.69) is 12.2 Å². The lowest BCUT2D eigenvalue weighted by atomic mass is 9.91. The van der Waals surface area contributed by atoms with E-state index < -0.39 is 0 Å². The Bertz CT molecular complexity index is 231. The van der Waals surface area contributed by atoms with Crippen LogP contribution in [-0.4, -0.2) is 18.0 Å². The zero-order valence-electron chi connectivity index (χ0n) is 11.9. The van der Waals surface area contributed by atoms with Gasteiger partial charge in [-0.25, -0.2) is 0 Å². The van der Waals surface area contributed by atoms with Crippen LogP contribution < -0.4 is 11.1 Å². The Labute approximate surface area is 112 Å². The van der Waals surface area contributed by atoms with Gasteiger partial charge in [-0.2, -0.15) is 0 Å². The van der Waals surface area contributed by atoms with Crippen LogP contribution in [0.1, 0.15) is 77.6 Å². The highest BCUT2D eigenvalue weighted by molar-refractivity contribution is 5.76. The Hall–Kier alpha value is -0.570. The van der Waals surface area contributed by atoms with Gasteiger partial charge in [-0.3, -0.25) is 4.79 Å². The van der Waals surface area contributed by atoms with Gasteiger partial charge in [0.1, 0.15) is 0 Å². The number of rotatable bonds is 8. The molecule has 1 saturated carbocycles.